The first-order valence-corrected chi connectivity index (χ1v) is 12.9. The van der Waals surface area contributed by atoms with Crippen molar-refractivity contribution in [3.63, 3.8) is 0 Å². The van der Waals surface area contributed by atoms with Gasteiger partial charge in [0.2, 0.25) is 22.9 Å². The minimum absolute atomic E-state index is 0.0309. The maximum absolute atomic E-state index is 12.8. The van der Waals surface area contributed by atoms with E-state index in [2.05, 4.69) is 21.6 Å². The zero-order valence-corrected chi connectivity index (χ0v) is 20.0. The molecule has 1 aromatic heterocycles. The normalized spacial score (nSPS) is 17.5. The van der Waals surface area contributed by atoms with Crippen molar-refractivity contribution >= 4 is 57.3 Å². The monoisotopic (exact) mass is 493 g/mol. The number of carbonyl (C=O) groups excluding carboxylic acids is 3. The second-order valence-corrected chi connectivity index (χ2v) is 10.4. The summed E-state index contributed by atoms with van der Waals surface area (Å²) in [6.07, 6.45) is 2.10. The SMILES string of the molecule is O=C(Nc1nnc(SCC(=O)N2CCCc3ccccc32)s1)C1CC(=O)N(c2ccccc2)C1. The predicted molar refractivity (Wildman–Crippen MR) is 133 cm³/mol. The standard InChI is InChI=1S/C24H23N5O3S2/c30-20-13-17(14-29(20)18-9-2-1-3-10-18)22(32)25-23-26-27-24(34-23)33-15-21(31)28-12-6-8-16-7-4-5-11-19(16)28/h1-5,7,9-11,17H,6,8,12-15H2,(H,25,26,32). The molecular formula is C24H23N5O3S2. The highest BCUT2D eigenvalue weighted by Crippen LogP contribution is 2.31. The lowest BCUT2D eigenvalue weighted by Gasteiger charge is -2.29. The van der Waals surface area contributed by atoms with E-state index in [4.69, 9.17) is 0 Å². The zero-order valence-electron chi connectivity index (χ0n) is 18.3. The van der Waals surface area contributed by atoms with Gasteiger partial charge in [-0.2, -0.15) is 0 Å². The van der Waals surface area contributed by atoms with Gasteiger partial charge in [-0.25, -0.2) is 0 Å². The Hall–Kier alpha value is -3.24. The van der Waals surface area contributed by atoms with Gasteiger partial charge >= 0.3 is 0 Å². The lowest BCUT2D eigenvalue weighted by atomic mass is 10.0. The average molecular weight is 494 g/mol. The summed E-state index contributed by atoms with van der Waals surface area (Å²) >= 11 is 2.55. The molecule has 1 atom stereocenters. The summed E-state index contributed by atoms with van der Waals surface area (Å²) < 4.78 is 0.613. The first kappa shape index (κ1) is 22.5. The molecule has 0 saturated carbocycles. The molecule has 1 N–H and O–H groups in total. The number of benzene rings is 2. The van der Waals surface area contributed by atoms with E-state index in [0.717, 1.165) is 24.2 Å². The number of hydrogen-bond donors (Lipinski definition) is 1. The van der Waals surface area contributed by atoms with Crippen LogP contribution in [0.1, 0.15) is 18.4 Å². The lowest BCUT2D eigenvalue weighted by molar-refractivity contribution is -0.122. The third-order valence-electron chi connectivity index (χ3n) is 5.93. The first-order chi connectivity index (χ1) is 16.6. The topological polar surface area (TPSA) is 95.5 Å². The largest absolute Gasteiger partial charge is 0.312 e. The number of rotatable bonds is 6. The van der Waals surface area contributed by atoms with Crippen molar-refractivity contribution in [1.82, 2.24) is 10.2 Å². The Kier molecular flexibility index (Phi) is 6.59. The smallest absolute Gasteiger partial charge is 0.237 e. The molecule has 1 fully saturated rings. The van der Waals surface area contributed by atoms with Gasteiger partial charge in [-0.1, -0.05) is 59.5 Å². The van der Waals surface area contributed by atoms with Crippen molar-refractivity contribution in [1.29, 1.82) is 0 Å². The lowest BCUT2D eigenvalue weighted by Crippen LogP contribution is -2.36. The molecule has 2 aliphatic heterocycles. The summed E-state index contributed by atoms with van der Waals surface area (Å²) in [5.41, 5.74) is 2.97. The molecule has 3 amide bonds. The average Bonchev–Trinajstić information content (AvgIpc) is 3.49. The van der Waals surface area contributed by atoms with E-state index in [0.29, 0.717) is 22.6 Å². The van der Waals surface area contributed by atoms with Crippen molar-refractivity contribution in [2.24, 2.45) is 5.92 Å². The highest BCUT2D eigenvalue weighted by atomic mass is 32.2. The summed E-state index contributed by atoms with van der Waals surface area (Å²) in [6.45, 7) is 1.05. The van der Waals surface area contributed by atoms with Gasteiger partial charge in [0, 0.05) is 30.9 Å². The van der Waals surface area contributed by atoms with E-state index in [1.807, 2.05) is 53.4 Å². The maximum atomic E-state index is 12.8. The Balaban J connectivity index is 1.15. The Labute approximate surface area is 205 Å². The number of nitrogens with zero attached hydrogens (tertiary/aromatic N) is 4. The Bertz CT molecular complexity index is 1220. The second kappa shape index (κ2) is 9.94. The van der Waals surface area contributed by atoms with E-state index in [-0.39, 0.29) is 29.9 Å². The number of aryl methyl sites for hydroxylation is 1. The highest BCUT2D eigenvalue weighted by molar-refractivity contribution is 8.01. The maximum Gasteiger partial charge on any atom is 0.237 e. The van der Waals surface area contributed by atoms with Gasteiger partial charge in [0.15, 0.2) is 4.34 Å². The second-order valence-electron chi connectivity index (χ2n) is 8.17. The molecule has 10 heteroatoms. The molecule has 8 nitrogen and oxygen atoms in total. The Morgan fingerprint density at radius 3 is 2.74 bits per heavy atom. The van der Waals surface area contributed by atoms with E-state index < -0.39 is 5.92 Å². The quantitative estimate of drug-likeness (QED) is 0.416. The van der Waals surface area contributed by atoms with Crippen molar-refractivity contribution in [3.05, 3.63) is 60.2 Å². The molecule has 1 saturated heterocycles. The molecule has 3 aromatic rings. The van der Waals surface area contributed by atoms with Crippen LogP contribution in [0, 0.1) is 5.92 Å². The van der Waals surface area contributed by atoms with Gasteiger partial charge in [-0.3, -0.25) is 14.4 Å². The van der Waals surface area contributed by atoms with Crippen LogP contribution < -0.4 is 15.1 Å². The third kappa shape index (κ3) is 4.83. The summed E-state index contributed by atoms with van der Waals surface area (Å²) in [5.74, 6) is -0.491. The molecule has 0 bridgehead atoms. The zero-order chi connectivity index (χ0) is 23.5. The van der Waals surface area contributed by atoms with E-state index in [1.54, 1.807) is 4.90 Å². The van der Waals surface area contributed by atoms with Crippen LogP contribution in [-0.4, -0.2) is 46.8 Å². The van der Waals surface area contributed by atoms with Crippen LogP contribution in [0.3, 0.4) is 0 Å². The number of thioether (sulfide) groups is 1. The van der Waals surface area contributed by atoms with Crippen LogP contribution in [0.4, 0.5) is 16.5 Å². The molecule has 5 rings (SSSR count). The van der Waals surface area contributed by atoms with E-state index in [9.17, 15) is 14.4 Å². The van der Waals surface area contributed by atoms with E-state index >= 15 is 0 Å². The van der Waals surface area contributed by atoms with Gasteiger partial charge in [-0.15, -0.1) is 10.2 Å². The fourth-order valence-electron chi connectivity index (χ4n) is 4.26. The van der Waals surface area contributed by atoms with Gasteiger partial charge in [0.1, 0.15) is 0 Å². The number of carbonyl (C=O) groups is 3. The molecule has 3 heterocycles. The number of amides is 3. The fourth-order valence-corrected chi connectivity index (χ4v) is 5.89. The number of para-hydroxylation sites is 2. The molecule has 0 spiro atoms. The van der Waals surface area contributed by atoms with Gasteiger partial charge in [-0.05, 0) is 36.6 Å². The molecule has 2 aliphatic rings. The van der Waals surface area contributed by atoms with Crippen molar-refractivity contribution in [2.75, 3.05) is 34.0 Å². The minimum atomic E-state index is -0.451. The predicted octanol–water partition coefficient (Wildman–Crippen LogP) is 3.60. The van der Waals surface area contributed by atoms with Gasteiger partial charge in [0.25, 0.3) is 0 Å². The van der Waals surface area contributed by atoms with Gasteiger partial charge in [0.05, 0.1) is 11.7 Å². The van der Waals surface area contributed by atoms with Crippen LogP contribution in [0.5, 0.6) is 0 Å². The minimum Gasteiger partial charge on any atom is -0.312 e. The molecular weight excluding hydrogens is 470 g/mol. The van der Waals surface area contributed by atoms with Crippen LogP contribution in [0.15, 0.2) is 58.9 Å². The van der Waals surface area contributed by atoms with Crippen LogP contribution in [0.25, 0.3) is 0 Å². The molecule has 174 valence electrons. The highest BCUT2D eigenvalue weighted by Gasteiger charge is 2.35. The Morgan fingerprint density at radius 1 is 1.09 bits per heavy atom. The number of aromatic nitrogens is 2. The van der Waals surface area contributed by atoms with Crippen LogP contribution in [-0.2, 0) is 20.8 Å². The summed E-state index contributed by atoms with van der Waals surface area (Å²) in [5, 5.41) is 11.3. The summed E-state index contributed by atoms with van der Waals surface area (Å²) in [6, 6.07) is 17.3. The first-order valence-electron chi connectivity index (χ1n) is 11.1. The van der Waals surface area contributed by atoms with Crippen molar-refractivity contribution < 1.29 is 14.4 Å². The van der Waals surface area contributed by atoms with Gasteiger partial charge < -0.3 is 15.1 Å². The van der Waals surface area contributed by atoms with Crippen LogP contribution in [0.2, 0.25) is 0 Å². The van der Waals surface area contributed by atoms with Crippen LogP contribution >= 0.6 is 23.1 Å². The Morgan fingerprint density at radius 2 is 1.88 bits per heavy atom. The molecule has 0 radical (unpaired) electrons. The van der Waals surface area contributed by atoms with E-state index in [1.165, 1.54) is 28.7 Å². The number of hydrogen-bond acceptors (Lipinski definition) is 7. The number of nitrogens with one attached hydrogen (secondary N) is 1. The molecule has 0 aliphatic carbocycles. The van der Waals surface area contributed by atoms with Crippen molar-refractivity contribution in [3.8, 4) is 0 Å². The summed E-state index contributed by atoms with van der Waals surface area (Å²) in [7, 11) is 0. The fraction of sp³-hybridized carbons (Fsp3) is 0.292. The molecule has 34 heavy (non-hydrogen) atoms. The number of fused-ring (bicyclic) bond motifs is 1. The third-order valence-corrected chi connectivity index (χ3v) is 7.89. The number of anilines is 3. The summed E-state index contributed by atoms with van der Waals surface area (Å²) in [4.78, 5) is 41.4. The van der Waals surface area contributed by atoms with Crippen molar-refractivity contribution in [2.45, 2.75) is 23.6 Å². The molecule has 1 unspecified atom stereocenters. The molecule has 2 aromatic carbocycles.